The van der Waals surface area contributed by atoms with Gasteiger partial charge >= 0.3 is 6.18 Å². The van der Waals surface area contributed by atoms with E-state index in [-0.39, 0.29) is 11.4 Å². The highest BCUT2D eigenvalue weighted by molar-refractivity contribution is 7.92. The van der Waals surface area contributed by atoms with E-state index in [0.29, 0.717) is 18.0 Å². The molecular formula is C15H14F3N3O4S. The van der Waals surface area contributed by atoms with Crippen molar-refractivity contribution in [2.24, 2.45) is 0 Å². The Morgan fingerprint density at radius 1 is 1.15 bits per heavy atom. The first-order chi connectivity index (χ1) is 12.0. The molecule has 1 aromatic carbocycles. The van der Waals surface area contributed by atoms with Crippen molar-refractivity contribution in [1.29, 1.82) is 0 Å². The van der Waals surface area contributed by atoms with E-state index in [9.17, 15) is 26.4 Å². The van der Waals surface area contributed by atoms with E-state index in [1.807, 2.05) is 0 Å². The molecule has 0 aliphatic rings. The zero-order valence-corrected chi connectivity index (χ0v) is 14.4. The first kappa shape index (κ1) is 19.5. The molecule has 1 amide bonds. The van der Waals surface area contributed by atoms with Crippen LogP contribution in [-0.2, 0) is 21.0 Å². The average molecular weight is 389 g/mol. The van der Waals surface area contributed by atoms with Crippen molar-refractivity contribution in [3.05, 3.63) is 42.1 Å². The lowest BCUT2D eigenvalue weighted by Gasteiger charge is -2.14. The fraction of sp³-hybridized carbons (Fsp3) is 0.200. The first-order valence-electron chi connectivity index (χ1n) is 7.04. The largest absolute Gasteiger partial charge is 0.497 e. The quantitative estimate of drug-likeness (QED) is 0.820. The minimum Gasteiger partial charge on any atom is -0.497 e. The zero-order valence-electron chi connectivity index (χ0n) is 13.6. The summed E-state index contributed by atoms with van der Waals surface area (Å²) in [5.41, 5.74) is -0.952. The van der Waals surface area contributed by atoms with Crippen LogP contribution in [0.25, 0.3) is 0 Å². The van der Waals surface area contributed by atoms with Crippen molar-refractivity contribution >= 4 is 27.3 Å². The fourth-order valence-electron chi connectivity index (χ4n) is 1.94. The number of carbonyl (C=O) groups excluding carboxylic acids is 1. The third kappa shape index (κ3) is 4.63. The van der Waals surface area contributed by atoms with E-state index in [4.69, 9.17) is 4.74 Å². The molecule has 0 atom stereocenters. The lowest BCUT2D eigenvalue weighted by atomic mass is 10.2. The van der Waals surface area contributed by atoms with E-state index >= 15 is 0 Å². The summed E-state index contributed by atoms with van der Waals surface area (Å²) >= 11 is 0. The van der Waals surface area contributed by atoms with Gasteiger partial charge in [0.1, 0.15) is 5.75 Å². The number of nitrogens with one attached hydrogen (secondary N) is 2. The second kappa shape index (κ2) is 7.20. The van der Waals surface area contributed by atoms with Crippen LogP contribution in [-0.4, -0.2) is 26.4 Å². The zero-order chi connectivity index (χ0) is 19.5. The third-order valence-electron chi connectivity index (χ3n) is 3.12. The van der Waals surface area contributed by atoms with Gasteiger partial charge in [-0.2, -0.15) is 21.6 Å². The maximum Gasteiger partial charge on any atom is 0.417 e. The Morgan fingerprint density at radius 3 is 2.35 bits per heavy atom. The Morgan fingerprint density at radius 2 is 1.85 bits per heavy atom. The molecule has 140 valence electrons. The number of ether oxygens (including phenoxy) is 1. The number of nitrogens with zero attached hydrogens (tertiary/aromatic N) is 1. The molecule has 0 unspecified atom stereocenters. The van der Waals surface area contributed by atoms with Gasteiger partial charge < -0.3 is 10.1 Å². The standard InChI is InChI=1S/C15H14F3N3O4S/c1-9(22)20-12-5-4-11(25-2)7-13(12)21-26(23,24)14-6-3-10(8-19-14)15(16,17)18/h3-8,21H,1-2H3,(H,20,22). The summed E-state index contributed by atoms with van der Waals surface area (Å²) in [4.78, 5) is 14.6. The van der Waals surface area contributed by atoms with Crippen LogP contribution in [0.2, 0.25) is 0 Å². The van der Waals surface area contributed by atoms with E-state index in [1.165, 1.54) is 32.2 Å². The summed E-state index contributed by atoms with van der Waals surface area (Å²) < 4.78 is 69.6. The number of sulfonamides is 1. The predicted octanol–water partition coefficient (Wildman–Crippen LogP) is 2.87. The summed E-state index contributed by atoms with van der Waals surface area (Å²) in [6, 6.07) is 5.58. The number of rotatable bonds is 5. The third-order valence-corrected chi connectivity index (χ3v) is 4.40. The minimum absolute atomic E-state index is 0.0266. The highest BCUT2D eigenvalue weighted by Crippen LogP contribution is 2.31. The van der Waals surface area contributed by atoms with Gasteiger partial charge in [-0.25, -0.2) is 4.98 Å². The van der Waals surface area contributed by atoms with Gasteiger partial charge in [0.25, 0.3) is 10.0 Å². The number of amides is 1. The molecule has 7 nitrogen and oxygen atoms in total. The maximum absolute atomic E-state index is 12.6. The van der Waals surface area contributed by atoms with Gasteiger partial charge in [0.15, 0.2) is 5.03 Å². The number of pyridine rings is 1. The molecule has 0 radical (unpaired) electrons. The SMILES string of the molecule is COc1ccc(NC(C)=O)c(NS(=O)(=O)c2ccc(C(F)(F)F)cn2)c1. The van der Waals surface area contributed by atoms with E-state index < -0.39 is 32.7 Å². The lowest BCUT2D eigenvalue weighted by molar-refractivity contribution is -0.137. The summed E-state index contributed by atoms with van der Waals surface area (Å²) in [5, 5.41) is 1.83. The number of benzene rings is 1. The molecule has 26 heavy (non-hydrogen) atoms. The highest BCUT2D eigenvalue weighted by atomic mass is 32.2. The van der Waals surface area contributed by atoms with Gasteiger partial charge in [0, 0.05) is 19.2 Å². The average Bonchev–Trinajstić information content (AvgIpc) is 2.55. The molecule has 2 aromatic rings. The van der Waals surface area contributed by atoms with Crippen LogP contribution >= 0.6 is 0 Å². The Labute approximate surface area is 147 Å². The molecule has 2 N–H and O–H groups in total. The maximum atomic E-state index is 12.6. The molecule has 0 spiro atoms. The van der Waals surface area contributed by atoms with Crippen LogP contribution in [0.3, 0.4) is 0 Å². The molecule has 11 heteroatoms. The Balaban J connectivity index is 2.38. The normalized spacial score (nSPS) is 11.7. The molecule has 2 rings (SSSR count). The van der Waals surface area contributed by atoms with Gasteiger partial charge in [0.2, 0.25) is 5.91 Å². The first-order valence-corrected chi connectivity index (χ1v) is 8.53. The second-order valence-electron chi connectivity index (χ2n) is 5.08. The van der Waals surface area contributed by atoms with Gasteiger partial charge in [0.05, 0.1) is 24.0 Å². The summed E-state index contributed by atoms with van der Waals surface area (Å²) in [6.07, 6.45) is -4.21. The molecule has 0 bridgehead atoms. The molecule has 1 aromatic heterocycles. The van der Waals surface area contributed by atoms with Gasteiger partial charge in [-0.05, 0) is 24.3 Å². The monoisotopic (exact) mass is 389 g/mol. The highest BCUT2D eigenvalue weighted by Gasteiger charge is 2.31. The molecule has 0 saturated carbocycles. The Bertz CT molecular complexity index is 913. The number of hydrogen-bond acceptors (Lipinski definition) is 5. The Hall–Kier alpha value is -2.82. The summed E-state index contributed by atoms with van der Waals surface area (Å²) in [6.45, 7) is 1.24. The van der Waals surface area contributed by atoms with Crippen LogP contribution < -0.4 is 14.8 Å². The van der Waals surface area contributed by atoms with Crippen molar-refractivity contribution in [3.8, 4) is 5.75 Å². The van der Waals surface area contributed by atoms with Crippen molar-refractivity contribution < 1.29 is 31.1 Å². The summed E-state index contributed by atoms with van der Waals surface area (Å²) in [7, 11) is -2.93. The number of alkyl halides is 3. The number of hydrogen-bond donors (Lipinski definition) is 2. The van der Waals surface area contributed by atoms with Gasteiger partial charge in [-0.3, -0.25) is 9.52 Å². The van der Waals surface area contributed by atoms with Crippen LogP contribution in [0.5, 0.6) is 5.75 Å². The summed E-state index contributed by atoms with van der Waals surface area (Å²) in [5.74, 6) is -0.138. The van der Waals surface area contributed by atoms with Gasteiger partial charge in [-0.1, -0.05) is 0 Å². The van der Waals surface area contributed by atoms with Crippen molar-refractivity contribution in [3.63, 3.8) is 0 Å². The van der Waals surface area contributed by atoms with E-state index in [2.05, 4.69) is 15.0 Å². The van der Waals surface area contributed by atoms with Crippen molar-refractivity contribution in [2.75, 3.05) is 17.1 Å². The van der Waals surface area contributed by atoms with Gasteiger partial charge in [-0.15, -0.1) is 0 Å². The number of aromatic nitrogens is 1. The topological polar surface area (TPSA) is 97.4 Å². The number of carbonyl (C=O) groups is 1. The van der Waals surface area contributed by atoms with Crippen molar-refractivity contribution in [2.45, 2.75) is 18.1 Å². The molecule has 0 fully saturated rings. The van der Waals surface area contributed by atoms with Crippen LogP contribution in [0.1, 0.15) is 12.5 Å². The van der Waals surface area contributed by atoms with Crippen LogP contribution in [0.4, 0.5) is 24.5 Å². The molecular weight excluding hydrogens is 375 g/mol. The number of methoxy groups -OCH3 is 1. The molecule has 0 saturated heterocycles. The predicted molar refractivity (Wildman–Crippen MR) is 87.3 cm³/mol. The fourth-order valence-corrected chi connectivity index (χ4v) is 2.94. The minimum atomic E-state index is -4.63. The molecule has 0 aliphatic heterocycles. The van der Waals surface area contributed by atoms with Crippen LogP contribution in [0.15, 0.2) is 41.6 Å². The molecule has 0 aliphatic carbocycles. The second-order valence-corrected chi connectivity index (χ2v) is 6.71. The van der Waals surface area contributed by atoms with Crippen molar-refractivity contribution in [1.82, 2.24) is 4.98 Å². The number of halogens is 3. The van der Waals surface area contributed by atoms with E-state index in [1.54, 1.807) is 0 Å². The smallest absolute Gasteiger partial charge is 0.417 e. The number of anilines is 2. The van der Waals surface area contributed by atoms with Crippen LogP contribution in [0, 0.1) is 0 Å². The Kier molecular flexibility index (Phi) is 5.40. The molecule has 1 heterocycles. The lowest BCUT2D eigenvalue weighted by Crippen LogP contribution is -2.17. The van der Waals surface area contributed by atoms with E-state index in [0.717, 1.165) is 6.07 Å².